The van der Waals surface area contributed by atoms with Gasteiger partial charge in [0.05, 0.1) is 30.9 Å². The number of aromatic nitrogens is 1. The summed E-state index contributed by atoms with van der Waals surface area (Å²) in [6.07, 6.45) is 3.71. The summed E-state index contributed by atoms with van der Waals surface area (Å²) in [5.74, 6) is -0.160. The van der Waals surface area contributed by atoms with Crippen molar-refractivity contribution in [2.24, 2.45) is 0 Å². The molecule has 1 aromatic heterocycles. The van der Waals surface area contributed by atoms with E-state index in [0.717, 1.165) is 35.5 Å². The molecule has 0 N–H and O–H groups in total. The lowest BCUT2D eigenvalue weighted by Gasteiger charge is -2.37. The summed E-state index contributed by atoms with van der Waals surface area (Å²) in [6, 6.07) is 6.62. The number of hydrogen-bond acceptors (Lipinski definition) is 4. The van der Waals surface area contributed by atoms with Crippen molar-refractivity contribution < 1.29 is 13.9 Å². The van der Waals surface area contributed by atoms with Gasteiger partial charge in [0.15, 0.2) is 0 Å². The lowest BCUT2D eigenvalue weighted by Crippen LogP contribution is -2.51. The van der Waals surface area contributed by atoms with E-state index in [2.05, 4.69) is 4.98 Å². The van der Waals surface area contributed by atoms with E-state index in [0.29, 0.717) is 19.6 Å². The van der Waals surface area contributed by atoms with Crippen LogP contribution in [0.2, 0.25) is 0 Å². The number of benzene rings is 1. The molecule has 1 amide bonds. The number of amides is 1. The van der Waals surface area contributed by atoms with E-state index in [9.17, 15) is 9.18 Å². The first-order valence-corrected chi connectivity index (χ1v) is 9.20. The van der Waals surface area contributed by atoms with Gasteiger partial charge in [0, 0.05) is 17.5 Å². The number of carbonyl (C=O) groups is 1. The highest BCUT2D eigenvalue weighted by atomic mass is 32.1. The molecule has 0 radical (unpaired) electrons. The van der Waals surface area contributed by atoms with E-state index in [1.165, 1.54) is 23.5 Å². The summed E-state index contributed by atoms with van der Waals surface area (Å²) in [4.78, 5) is 19.2. The molecule has 2 unspecified atom stereocenters. The van der Waals surface area contributed by atoms with Crippen molar-refractivity contribution in [3.05, 3.63) is 41.2 Å². The highest BCUT2D eigenvalue weighted by molar-refractivity contribution is 7.13. The Morgan fingerprint density at radius 1 is 1.42 bits per heavy atom. The van der Waals surface area contributed by atoms with Crippen LogP contribution in [0.3, 0.4) is 0 Å². The summed E-state index contributed by atoms with van der Waals surface area (Å²) in [5, 5.41) is 2.64. The number of ether oxygens (including phenoxy) is 1. The van der Waals surface area contributed by atoms with E-state index in [1.54, 1.807) is 6.07 Å². The van der Waals surface area contributed by atoms with Crippen LogP contribution >= 0.6 is 11.3 Å². The van der Waals surface area contributed by atoms with Crippen molar-refractivity contribution in [2.45, 2.75) is 37.8 Å². The number of halogens is 1. The first-order valence-electron chi connectivity index (χ1n) is 8.32. The monoisotopic (exact) mass is 346 g/mol. The van der Waals surface area contributed by atoms with Crippen LogP contribution in [0.4, 0.5) is 4.39 Å². The van der Waals surface area contributed by atoms with Gasteiger partial charge in [-0.3, -0.25) is 4.79 Å². The molecule has 2 aromatic rings. The summed E-state index contributed by atoms with van der Waals surface area (Å²) in [7, 11) is 0. The smallest absolute Gasteiger partial charge is 0.229 e. The molecule has 2 atom stereocenters. The van der Waals surface area contributed by atoms with Gasteiger partial charge in [-0.1, -0.05) is 12.1 Å². The lowest BCUT2D eigenvalue weighted by molar-refractivity contribution is -0.143. The second-order valence-electron chi connectivity index (χ2n) is 6.33. The third-order valence-electron chi connectivity index (χ3n) is 4.76. The van der Waals surface area contributed by atoms with E-state index in [-0.39, 0.29) is 23.9 Å². The third kappa shape index (κ3) is 3.08. The number of rotatable bonds is 3. The number of fused-ring (bicyclic) bond motifs is 1. The largest absolute Gasteiger partial charge is 0.374 e. The Balaban J connectivity index is 1.46. The van der Waals surface area contributed by atoms with Crippen LogP contribution in [0, 0.1) is 5.82 Å². The van der Waals surface area contributed by atoms with Crippen LogP contribution in [-0.2, 0) is 16.0 Å². The van der Waals surface area contributed by atoms with Crippen LogP contribution in [0.1, 0.15) is 25.0 Å². The highest BCUT2D eigenvalue weighted by Gasteiger charge is 2.38. The third-order valence-corrected chi connectivity index (χ3v) is 5.70. The molecular formula is C18H19FN2O2S. The van der Waals surface area contributed by atoms with E-state index in [4.69, 9.17) is 4.74 Å². The predicted molar refractivity (Wildman–Crippen MR) is 90.3 cm³/mol. The summed E-state index contributed by atoms with van der Waals surface area (Å²) in [6.45, 7) is 1.29. The van der Waals surface area contributed by atoms with Crippen molar-refractivity contribution >= 4 is 17.2 Å². The molecule has 2 fully saturated rings. The Hall–Kier alpha value is -1.79. The van der Waals surface area contributed by atoms with Crippen molar-refractivity contribution in [3.8, 4) is 10.6 Å². The molecule has 1 aliphatic carbocycles. The molecule has 24 heavy (non-hydrogen) atoms. The molecule has 1 saturated heterocycles. The van der Waals surface area contributed by atoms with Crippen LogP contribution in [0.25, 0.3) is 10.6 Å². The van der Waals surface area contributed by atoms with Gasteiger partial charge in [-0.05, 0) is 31.4 Å². The first kappa shape index (κ1) is 15.7. The van der Waals surface area contributed by atoms with Gasteiger partial charge in [-0.2, -0.15) is 0 Å². The first-order chi connectivity index (χ1) is 11.7. The van der Waals surface area contributed by atoms with Crippen molar-refractivity contribution in [3.63, 3.8) is 0 Å². The maximum Gasteiger partial charge on any atom is 0.229 e. The number of carbonyl (C=O) groups excluding carboxylic acids is 1. The maximum atomic E-state index is 13.3. The van der Waals surface area contributed by atoms with Gasteiger partial charge < -0.3 is 9.64 Å². The zero-order chi connectivity index (χ0) is 16.5. The minimum absolute atomic E-state index is 0.117. The summed E-state index contributed by atoms with van der Waals surface area (Å²) < 4.78 is 19.1. The normalized spacial score (nSPS) is 23.3. The molecule has 4 rings (SSSR count). The molecule has 1 saturated carbocycles. The Morgan fingerprint density at radius 3 is 3.21 bits per heavy atom. The number of thiazole rings is 1. The average Bonchev–Trinajstić information content (AvgIpc) is 3.23. The lowest BCUT2D eigenvalue weighted by atomic mass is 10.1. The molecule has 2 heterocycles. The van der Waals surface area contributed by atoms with Gasteiger partial charge in [0.1, 0.15) is 10.8 Å². The zero-order valence-corrected chi connectivity index (χ0v) is 14.1. The Morgan fingerprint density at radius 2 is 2.33 bits per heavy atom. The molecule has 1 aliphatic heterocycles. The predicted octanol–water partition coefficient (Wildman–Crippen LogP) is 3.27. The second kappa shape index (κ2) is 6.61. The number of hydrogen-bond donors (Lipinski definition) is 0. The Kier molecular flexibility index (Phi) is 4.33. The van der Waals surface area contributed by atoms with Gasteiger partial charge in [-0.25, -0.2) is 9.37 Å². The Labute approximate surface area is 144 Å². The summed E-state index contributed by atoms with van der Waals surface area (Å²) >= 11 is 1.45. The molecule has 1 aromatic carbocycles. The molecule has 6 heteroatoms. The van der Waals surface area contributed by atoms with Crippen molar-refractivity contribution in [2.75, 3.05) is 13.2 Å². The van der Waals surface area contributed by atoms with E-state index >= 15 is 0 Å². The fourth-order valence-corrected chi connectivity index (χ4v) is 4.45. The fourth-order valence-electron chi connectivity index (χ4n) is 3.63. The molecule has 0 bridgehead atoms. The van der Waals surface area contributed by atoms with E-state index in [1.807, 2.05) is 16.3 Å². The molecule has 2 aliphatic rings. The van der Waals surface area contributed by atoms with Crippen molar-refractivity contribution in [1.29, 1.82) is 0 Å². The molecular weight excluding hydrogens is 327 g/mol. The number of nitrogens with zero attached hydrogens (tertiary/aromatic N) is 2. The quantitative estimate of drug-likeness (QED) is 0.857. The highest BCUT2D eigenvalue weighted by Crippen LogP contribution is 2.30. The standard InChI is InChI=1S/C18H19FN2O2S/c19-13-4-1-3-12(9-13)18-20-14(11-24-18)10-17(22)21-7-8-23-16-6-2-5-15(16)21/h1,3-4,9,11,15-16H,2,5-8,10H2. The molecule has 0 spiro atoms. The average molecular weight is 346 g/mol. The number of morpholine rings is 1. The van der Waals surface area contributed by atoms with Gasteiger partial charge in [-0.15, -0.1) is 11.3 Å². The van der Waals surface area contributed by atoms with Gasteiger partial charge in [0.25, 0.3) is 0 Å². The molecule has 4 nitrogen and oxygen atoms in total. The minimum Gasteiger partial charge on any atom is -0.374 e. The van der Waals surface area contributed by atoms with Gasteiger partial charge in [0.2, 0.25) is 5.91 Å². The summed E-state index contributed by atoms with van der Waals surface area (Å²) in [5.41, 5.74) is 1.51. The minimum atomic E-state index is -0.277. The van der Waals surface area contributed by atoms with Crippen LogP contribution in [-0.4, -0.2) is 41.1 Å². The maximum absolute atomic E-state index is 13.3. The Bertz CT molecular complexity index is 748. The topological polar surface area (TPSA) is 42.4 Å². The second-order valence-corrected chi connectivity index (χ2v) is 7.18. The van der Waals surface area contributed by atoms with E-state index < -0.39 is 0 Å². The zero-order valence-electron chi connectivity index (χ0n) is 13.3. The fraction of sp³-hybridized carbons (Fsp3) is 0.444. The molecule has 126 valence electrons. The van der Waals surface area contributed by atoms with Crippen LogP contribution in [0.5, 0.6) is 0 Å². The van der Waals surface area contributed by atoms with Crippen molar-refractivity contribution in [1.82, 2.24) is 9.88 Å². The van der Waals surface area contributed by atoms with Gasteiger partial charge >= 0.3 is 0 Å². The SMILES string of the molecule is O=C(Cc1csc(-c2cccc(F)c2)n1)N1CCOC2CCCC21. The van der Waals surface area contributed by atoms with Crippen LogP contribution < -0.4 is 0 Å². The van der Waals surface area contributed by atoms with Crippen LogP contribution in [0.15, 0.2) is 29.6 Å².